The van der Waals surface area contributed by atoms with Crippen LogP contribution in [0, 0.1) is 0 Å². The van der Waals surface area contributed by atoms with Crippen LogP contribution < -0.4 is 5.32 Å². The summed E-state index contributed by atoms with van der Waals surface area (Å²) in [5.74, 6) is 0. The van der Waals surface area contributed by atoms with Crippen LogP contribution in [-0.4, -0.2) is 20.6 Å². The van der Waals surface area contributed by atoms with Gasteiger partial charge in [0, 0.05) is 30.2 Å². The second kappa shape index (κ2) is 4.29. The smallest absolute Gasteiger partial charge is 0.307 e. The van der Waals surface area contributed by atoms with Gasteiger partial charge in [0.15, 0.2) is 0 Å². The molecule has 0 unspecified atom stereocenters. The second-order valence-corrected chi connectivity index (χ2v) is 3.80. The second-order valence-electron chi connectivity index (χ2n) is 3.80. The molecule has 0 bridgehead atoms. The number of hydrogen-bond donors (Lipinski definition) is 1. The monoisotopic (exact) mass is 238 g/mol. The SMILES string of the molecule is O=C(Nc1cccc2ccncc12)n1ccnc1. The van der Waals surface area contributed by atoms with E-state index in [0.717, 1.165) is 16.5 Å². The van der Waals surface area contributed by atoms with Crippen LogP contribution in [0.4, 0.5) is 10.5 Å². The third-order valence-electron chi connectivity index (χ3n) is 2.66. The predicted molar refractivity (Wildman–Crippen MR) is 68.4 cm³/mol. The summed E-state index contributed by atoms with van der Waals surface area (Å²) in [6, 6.07) is 7.38. The molecule has 5 nitrogen and oxygen atoms in total. The molecule has 0 aliphatic carbocycles. The van der Waals surface area contributed by atoms with E-state index in [2.05, 4.69) is 15.3 Å². The highest BCUT2D eigenvalue weighted by Gasteiger charge is 2.06. The molecule has 2 aromatic heterocycles. The Kier molecular flexibility index (Phi) is 2.49. The van der Waals surface area contributed by atoms with E-state index in [1.807, 2.05) is 24.3 Å². The van der Waals surface area contributed by atoms with Gasteiger partial charge in [-0.2, -0.15) is 0 Å². The van der Waals surface area contributed by atoms with E-state index in [4.69, 9.17) is 0 Å². The number of hydrogen-bond acceptors (Lipinski definition) is 3. The molecule has 0 spiro atoms. The van der Waals surface area contributed by atoms with Gasteiger partial charge in [0.05, 0.1) is 5.69 Å². The maximum absolute atomic E-state index is 11.9. The Morgan fingerprint density at radius 2 is 2.11 bits per heavy atom. The van der Waals surface area contributed by atoms with Gasteiger partial charge in [-0.3, -0.25) is 9.55 Å². The van der Waals surface area contributed by atoms with Crippen LogP contribution in [0.1, 0.15) is 0 Å². The van der Waals surface area contributed by atoms with Gasteiger partial charge in [0.2, 0.25) is 0 Å². The first-order valence-electron chi connectivity index (χ1n) is 5.46. The summed E-state index contributed by atoms with van der Waals surface area (Å²) < 4.78 is 1.38. The van der Waals surface area contributed by atoms with E-state index in [0.29, 0.717) is 0 Å². The van der Waals surface area contributed by atoms with Crippen LogP contribution in [0.5, 0.6) is 0 Å². The van der Waals surface area contributed by atoms with Gasteiger partial charge in [-0.05, 0) is 17.5 Å². The fourth-order valence-electron chi connectivity index (χ4n) is 1.78. The van der Waals surface area contributed by atoms with E-state index in [1.165, 1.54) is 10.9 Å². The van der Waals surface area contributed by atoms with Crippen LogP contribution in [-0.2, 0) is 0 Å². The van der Waals surface area contributed by atoms with Gasteiger partial charge in [0.25, 0.3) is 0 Å². The lowest BCUT2D eigenvalue weighted by molar-refractivity contribution is 0.253. The molecule has 0 aliphatic rings. The molecule has 88 valence electrons. The molecular formula is C13H10N4O. The fraction of sp³-hybridized carbons (Fsp3) is 0. The molecule has 0 radical (unpaired) electrons. The molecule has 0 atom stereocenters. The molecule has 1 N–H and O–H groups in total. The van der Waals surface area contributed by atoms with E-state index >= 15 is 0 Å². The first-order valence-corrected chi connectivity index (χ1v) is 5.46. The first kappa shape index (κ1) is 10.5. The zero-order valence-corrected chi connectivity index (χ0v) is 9.45. The van der Waals surface area contributed by atoms with Gasteiger partial charge < -0.3 is 5.32 Å². The molecule has 0 aliphatic heterocycles. The molecule has 0 saturated heterocycles. The topological polar surface area (TPSA) is 59.8 Å². The maximum atomic E-state index is 11.9. The standard InChI is InChI=1S/C13H10N4O/c18-13(17-7-6-15-9-17)16-12-3-1-2-10-4-5-14-8-11(10)12/h1-9H,(H,16,18). The summed E-state index contributed by atoms with van der Waals surface area (Å²) in [6.07, 6.45) is 8.07. The normalized spacial score (nSPS) is 10.4. The summed E-state index contributed by atoms with van der Waals surface area (Å²) in [4.78, 5) is 19.8. The summed E-state index contributed by atoms with van der Waals surface area (Å²) in [5, 5.41) is 4.78. The van der Waals surface area contributed by atoms with E-state index in [1.54, 1.807) is 24.8 Å². The van der Waals surface area contributed by atoms with E-state index in [9.17, 15) is 4.79 Å². The zero-order valence-electron chi connectivity index (χ0n) is 9.45. The number of imidazole rings is 1. The summed E-state index contributed by atoms with van der Waals surface area (Å²) in [5.41, 5.74) is 0.735. The Morgan fingerprint density at radius 3 is 2.94 bits per heavy atom. The van der Waals surface area contributed by atoms with Crippen molar-refractivity contribution in [3.63, 3.8) is 0 Å². The minimum Gasteiger partial charge on any atom is -0.307 e. The number of carbonyl (C=O) groups is 1. The molecule has 2 heterocycles. The number of benzene rings is 1. The average molecular weight is 238 g/mol. The van der Waals surface area contributed by atoms with Crippen molar-refractivity contribution in [3.8, 4) is 0 Å². The third kappa shape index (κ3) is 1.82. The summed E-state index contributed by atoms with van der Waals surface area (Å²) >= 11 is 0. The summed E-state index contributed by atoms with van der Waals surface area (Å²) in [7, 11) is 0. The van der Waals surface area contributed by atoms with Crippen molar-refractivity contribution in [3.05, 3.63) is 55.4 Å². The van der Waals surface area contributed by atoms with Gasteiger partial charge in [0.1, 0.15) is 6.33 Å². The Balaban J connectivity index is 1.98. The van der Waals surface area contributed by atoms with Crippen LogP contribution in [0.3, 0.4) is 0 Å². The minimum absolute atomic E-state index is 0.246. The Labute approximate surface area is 103 Å². The van der Waals surface area contributed by atoms with Crippen LogP contribution in [0.15, 0.2) is 55.4 Å². The number of anilines is 1. The number of fused-ring (bicyclic) bond motifs is 1. The highest BCUT2D eigenvalue weighted by Crippen LogP contribution is 2.22. The van der Waals surface area contributed by atoms with Crippen molar-refractivity contribution in [2.75, 3.05) is 5.32 Å². The lowest BCUT2D eigenvalue weighted by atomic mass is 10.1. The average Bonchev–Trinajstić information content (AvgIpc) is 2.93. The third-order valence-corrected chi connectivity index (χ3v) is 2.66. The highest BCUT2D eigenvalue weighted by atomic mass is 16.2. The van der Waals surface area contributed by atoms with Crippen molar-refractivity contribution in [2.45, 2.75) is 0 Å². The summed E-state index contributed by atoms with van der Waals surface area (Å²) in [6.45, 7) is 0. The molecule has 0 saturated carbocycles. The molecule has 3 aromatic rings. The molecule has 0 fully saturated rings. The number of amides is 1. The predicted octanol–water partition coefficient (Wildman–Crippen LogP) is 2.51. The number of pyridine rings is 1. The Morgan fingerprint density at radius 1 is 1.17 bits per heavy atom. The fourth-order valence-corrected chi connectivity index (χ4v) is 1.78. The quantitative estimate of drug-likeness (QED) is 0.708. The zero-order chi connectivity index (χ0) is 12.4. The van der Waals surface area contributed by atoms with Gasteiger partial charge in [-0.15, -0.1) is 0 Å². The van der Waals surface area contributed by atoms with Crippen LogP contribution in [0.25, 0.3) is 10.8 Å². The molecule has 3 rings (SSSR count). The van der Waals surface area contributed by atoms with Crippen molar-refractivity contribution >= 4 is 22.5 Å². The number of aromatic nitrogens is 3. The molecule has 1 amide bonds. The number of nitrogens with one attached hydrogen (secondary N) is 1. The van der Waals surface area contributed by atoms with Crippen molar-refractivity contribution in [1.82, 2.24) is 14.5 Å². The first-order chi connectivity index (χ1) is 8.84. The number of nitrogens with zero attached hydrogens (tertiary/aromatic N) is 3. The Bertz CT molecular complexity index is 686. The minimum atomic E-state index is -0.246. The van der Waals surface area contributed by atoms with Crippen molar-refractivity contribution < 1.29 is 4.79 Å². The lowest BCUT2D eigenvalue weighted by Gasteiger charge is -2.08. The van der Waals surface area contributed by atoms with Crippen molar-refractivity contribution in [1.29, 1.82) is 0 Å². The van der Waals surface area contributed by atoms with E-state index in [-0.39, 0.29) is 6.03 Å². The van der Waals surface area contributed by atoms with E-state index < -0.39 is 0 Å². The molecule has 18 heavy (non-hydrogen) atoms. The Hall–Kier alpha value is -2.69. The largest absolute Gasteiger partial charge is 0.331 e. The van der Waals surface area contributed by atoms with Crippen LogP contribution in [0.2, 0.25) is 0 Å². The molecule has 1 aromatic carbocycles. The van der Waals surface area contributed by atoms with Crippen molar-refractivity contribution in [2.24, 2.45) is 0 Å². The van der Waals surface area contributed by atoms with Crippen LogP contribution >= 0.6 is 0 Å². The van der Waals surface area contributed by atoms with Gasteiger partial charge in [-0.1, -0.05) is 12.1 Å². The number of rotatable bonds is 1. The molecule has 5 heteroatoms. The lowest BCUT2D eigenvalue weighted by Crippen LogP contribution is -2.17. The number of carbonyl (C=O) groups excluding carboxylic acids is 1. The molecular weight excluding hydrogens is 228 g/mol. The highest BCUT2D eigenvalue weighted by molar-refractivity contribution is 6.01. The van der Waals surface area contributed by atoms with Gasteiger partial charge >= 0.3 is 6.03 Å². The van der Waals surface area contributed by atoms with Gasteiger partial charge in [-0.25, -0.2) is 9.78 Å². The maximum Gasteiger partial charge on any atom is 0.331 e.